The van der Waals surface area contributed by atoms with Crippen LogP contribution in [0, 0.1) is 0 Å². The maximum atomic E-state index is 5.22. The smallest absolute Gasteiger partial charge is 0.194 e. The van der Waals surface area contributed by atoms with Crippen molar-refractivity contribution in [3.05, 3.63) is 53.7 Å². The fourth-order valence-electron chi connectivity index (χ4n) is 2.67. The Labute approximate surface area is 156 Å². The zero-order valence-corrected chi connectivity index (χ0v) is 16.4. The van der Waals surface area contributed by atoms with Crippen LogP contribution in [0.25, 0.3) is 0 Å². The lowest BCUT2D eigenvalue weighted by Gasteiger charge is -2.22. The summed E-state index contributed by atoms with van der Waals surface area (Å²) in [4.78, 5) is 13.4. The molecule has 26 heavy (non-hydrogen) atoms. The molecule has 0 amide bonds. The summed E-state index contributed by atoms with van der Waals surface area (Å²) in [6.45, 7) is 4.24. The number of pyridine rings is 1. The molecular formula is C20H29N5O. The number of hydrogen-bond donors (Lipinski definition) is 1. The fourth-order valence-corrected chi connectivity index (χ4v) is 2.67. The van der Waals surface area contributed by atoms with Crippen LogP contribution in [0.2, 0.25) is 0 Å². The highest BCUT2D eigenvalue weighted by atomic mass is 16.5. The number of hydrogen-bond acceptors (Lipinski definition) is 4. The van der Waals surface area contributed by atoms with Crippen LogP contribution in [0.4, 0.5) is 5.82 Å². The molecule has 0 unspecified atom stereocenters. The second-order valence-corrected chi connectivity index (χ2v) is 6.25. The topological polar surface area (TPSA) is 53.0 Å². The molecule has 0 aliphatic rings. The van der Waals surface area contributed by atoms with Gasteiger partial charge < -0.3 is 19.9 Å². The van der Waals surface area contributed by atoms with E-state index in [1.807, 2.05) is 50.4 Å². The lowest BCUT2D eigenvalue weighted by molar-refractivity contribution is 0.414. The summed E-state index contributed by atoms with van der Waals surface area (Å²) >= 11 is 0. The molecule has 1 N–H and O–H groups in total. The van der Waals surface area contributed by atoms with Crippen LogP contribution in [0.5, 0.6) is 5.75 Å². The van der Waals surface area contributed by atoms with E-state index in [-0.39, 0.29) is 0 Å². The zero-order valence-electron chi connectivity index (χ0n) is 16.4. The van der Waals surface area contributed by atoms with Gasteiger partial charge in [-0.25, -0.2) is 9.98 Å². The highest BCUT2D eigenvalue weighted by Gasteiger charge is 2.09. The fraction of sp³-hybridized carbons (Fsp3) is 0.400. The van der Waals surface area contributed by atoms with Gasteiger partial charge in [0.1, 0.15) is 11.6 Å². The van der Waals surface area contributed by atoms with Crippen LogP contribution in [0.15, 0.2) is 47.6 Å². The van der Waals surface area contributed by atoms with Gasteiger partial charge in [-0.15, -0.1) is 0 Å². The highest BCUT2D eigenvalue weighted by Crippen LogP contribution is 2.16. The van der Waals surface area contributed by atoms with Crippen LogP contribution in [0.3, 0.4) is 0 Å². The first kappa shape index (κ1) is 19.6. The minimum atomic E-state index is 0.580. The summed E-state index contributed by atoms with van der Waals surface area (Å²) in [5.74, 6) is 2.69. The molecule has 1 aromatic carbocycles. The van der Waals surface area contributed by atoms with Crippen molar-refractivity contribution in [2.75, 3.05) is 39.7 Å². The van der Waals surface area contributed by atoms with Crippen LogP contribution in [0.1, 0.15) is 18.1 Å². The van der Waals surface area contributed by atoms with Crippen molar-refractivity contribution in [2.45, 2.75) is 20.0 Å². The van der Waals surface area contributed by atoms with Gasteiger partial charge in [0.2, 0.25) is 0 Å². The van der Waals surface area contributed by atoms with Gasteiger partial charge in [-0.3, -0.25) is 0 Å². The molecule has 0 aliphatic heterocycles. The number of aliphatic imine (C=N–C) groups is 1. The normalized spacial score (nSPS) is 11.2. The summed E-state index contributed by atoms with van der Waals surface area (Å²) in [7, 11) is 7.71. The standard InChI is InChI=1S/C20H29N5O/c1-6-21-20(23-14-17-8-7-13-22-19(17)24(2)3)25(4)15-16-9-11-18(26-5)12-10-16/h7-13H,6,14-15H2,1-5H3,(H,21,23). The Kier molecular flexibility index (Phi) is 7.26. The van der Waals surface area contributed by atoms with Gasteiger partial charge in [0, 0.05) is 46.0 Å². The van der Waals surface area contributed by atoms with Crippen molar-refractivity contribution >= 4 is 11.8 Å². The van der Waals surface area contributed by atoms with E-state index >= 15 is 0 Å². The predicted molar refractivity (Wildman–Crippen MR) is 108 cm³/mol. The number of methoxy groups -OCH3 is 1. The Morgan fingerprint density at radius 3 is 2.50 bits per heavy atom. The van der Waals surface area contributed by atoms with Gasteiger partial charge in [0.25, 0.3) is 0 Å². The number of guanidine groups is 1. The molecule has 0 saturated carbocycles. The Hall–Kier alpha value is -2.76. The minimum absolute atomic E-state index is 0.580. The molecule has 2 aromatic rings. The third kappa shape index (κ3) is 5.37. The van der Waals surface area contributed by atoms with E-state index < -0.39 is 0 Å². The molecule has 2 rings (SSSR count). The summed E-state index contributed by atoms with van der Waals surface area (Å²) in [6.07, 6.45) is 1.81. The maximum absolute atomic E-state index is 5.22. The second kappa shape index (κ2) is 9.65. The SMILES string of the molecule is CCNC(=NCc1cccnc1N(C)C)N(C)Cc1ccc(OC)cc1. The van der Waals surface area contributed by atoms with Gasteiger partial charge in [0.15, 0.2) is 5.96 Å². The van der Waals surface area contributed by atoms with Crippen molar-refractivity contribution in [3.8, 4) is 5.75 Å². The van der Waals surface area contributed by atoms with E-state index in [0.717, 1.165) is 36.2 Å². The highest BCUT2D eigenvalue weighted by molar-refractivity contribution is 5.79. The summed E-state index contributed by atoms with van der Waals surface area (Å²) in [5, 5.41) is 3.36. The quantitative estimate of drug-likeness (QED) is 0.611. The molecule has 0 spiro atoms. The Bertz CT molecular complexity index is 712. The van der Waals surface area contributed by atoms with E-state index in [1.165, 1.54) is 5.56 Å². The Morgan fingerprint density at radius 2 is 1.88 bits per heavy atom. The first-order valence-corrected chi connectivity index (χ1v) is 8.78. The first-order valence-electron chi connectivity index (χ1n) is 8.78. The third-order valence-corrected chi connectivity index (χ3v) is 3.97. The number of rotatable bonds is 7. The van der Waals surface area contributed by atoms with Crippen molar-refractivity contribution < 1.29 is 4.74 Å². The van der Waals surface area contributed by atoms with Crippen LogP contribution >= 0.6 is 0 Å². The molecular weight excluding hydrogens is 326 g/mol. The number of anilines is 1. The summed E-state index contributed by atoms with van der Waals surface area (Å²) < 4.78 is 5.22. The van der Waals surface area contributed by atoms with E-state index in [4.69, 9.17) is 9.73 Å². The molecule has 6 heteroatoms. The molecule has 0 radical (unpaired) electrons. The lowest BCUT2D eigenvalue weighted by Crippen LogP contribution is -2.38. The first-order chi connectivity index (χ1) is 12.5. The number of benzene rings is 1. The second-order valence-electron chi connectivity index (χ2n) is 6.25. The predicted octanol–water partition coefficient (Wildman–Crippen LogP) is 2.75. The minimum Gasteiger partial charge on any atom is -0.497 e. The van der Waals surface area contributed by atoms with Gasteiger partial charge in [-0.1, -0.05) is 18.2 Å². The van der Waals surface area contributed by atoms with E-state index in [1.54, 1.807) is 7.11 Å². The molecule has 6 nitrogen and oxygen atoms in total. The number of ether oxygens (including phenoxy) is 1. The van der Waals surface area contributed by atoms with Crippen LogP contribution < -0.4 is 15.0 Å². The maximum Gasteiger partial charge on any atom is 0.194 e. The van der Waals surface area contributed by atoms with Crippen molar-refractivity contribution in [1.29, 1.82) is 0 Å². The molecule has 0 saturated heterocycles. The van der Waals surface area contributed by atoms with Crippen molar-refractivity contribution in [2.24, 2.45) is 4.99 Å². The molecule has 140 valence electrons. The van der Waals surface area contributed by atoms with Crippen molar-refractivity contribution in [3.63, 3.8) is 0 Å². The average molecular weight is 355 g/mol. The molecule has 0 aliphatic carbocycles. The largest absolute Gasteiger partial charge is 0.497 e. The van der Waals surface area contributed by atoms with Gasteiger partial charge in [0.05, 0.1) is 13.7 Å². The molecule has 1 aromatic heterocycles. The number of nitrogens with one attached hydrogen (secondary N) is 1. The van der Waals surface area contributed by atoms with Crippen LogP contribution in [-0.4, -0.2) is 50.6 Å². The average Bonchev–Trinajstić information content (AvgIpc) is 2.65. The summed E-state index contributed by atoms with van der Waals surface area (Å²) in [5.41, 5.74) is 2.31. The Morgan fingerprint density at radius 1 is 1.15 bits per heavy atom. The number of aromatic nitrogens is 1. The lowest BCUT2D eigenvalue weighted by atomic mass is 10.2. The monoisotopic (exact) mass is 355 g/mol. The van der Waals surface area contributed by atoms with Gasteiger partial charge in [-0.05, 0) is 30.7 Å². The molecule has 0 atom stereocenters. The molecule has 1 heterocycles. The molecule has 0 fully saturated rings. The van der Waals surface area contributed by atoms with Gasteiger partial charge >= 0.3 is 0 Å². The third-order valence-electron chi connectivity index (χ3n) is 3.97. The van der Waals surface area contributed by atoms with E-state index in [0.29, 0.717) is 6.54 Å². The van der Waals surface area contributed by atoms with Crippen molar-refractivity contribution in [1.82, 2.24) is 15.2 Å². The van der Waals surface area contributed by atoms with Gasteiger partial charge in [-0.2, -0.15) is 0 Å². The Balaban J connectivity index is 2.12. The zero-order chi connectivity index (χ0) is 18.9. The van der Waals surface area contributed by atoms with Crippen LogP contribution in [-0.2, 0) is 13.1 Å². The molecule has 0 bridgehead atoms. The van der Waals surface area contributed by atoms with E-state index in [9.17, 15) is 0 Å². The van der Waals surface area contributed by atoms with E-state index in [2.05, 4.69) is 40.3 Å². The summed E-state index contributed by atoms with van der Waals surface area (Å²) in [6, 6.07) is 12.1. The number of nitrogens with zero attached hydrogens (tertiary/aromatic N) is 4.